The zero-order valence-corrected chi connectivity index (χ0v) is 24.2. The Morgan fingerprint density at radius 3 is 1.85 bits per heavy atom. The summed E-state index contributed by atoms with van der Waals surface area (Å²) in [5.41, 5.74) is 10.7. The fraction of sp³-hybridized carbons (Fsp3) is 0.350. The zero-order chi connectivity index (χ0) is 27.3. The topological polar surface area (TPSA) is 0 Å². The van der Waals surface area contributed by atoms with Crippen LogP contribution in [0.25, 0.3) is 22.3 Å². The molecule has 200 valence electrons. The number of hydrogen-bond acceptors (Lipinski definition) is 0. The van der Waals surface area contributed by atoms with Crippen molar-refractivity contribution in [2.45, 2.75) is 78.1 Å². The lowest BCUT2D eigenvalue weighted by molar-refractivity contribution is 0.643. The van der Waals surface area contributed by atoms with Crippen LogP contribution in [0.5, 0.6) is 0 Å². The van der Waals surface area contributed by atoms with Crippen LogP contribution in [0.3, 0.4) is 0 Å². The summed E-state index contributed by atoms with van der Waals surface area (Å²) in [5.74, 6) is 15.1. The van der Waals surface area contributed by atoms with Gasteiger partial charge in [-0.1, -0.05) is 149 Å². The molecule has 0 fully saturated rings. The normalized spacial score (nSPS) is 19.4. The van der Waals surface area contributed by atoms with E-state index in [0.717, 1.165) is 12.8 Å². The van der Waals surface area contributed by atoms with Crippen LogP contribution < -0.4 is 10.4 Å². The molecular weight excluding hydrogens is 480 g/mol. The molecule has 2 aromatic rings. The van der Waals surface area contributed by atoms with Crippen molar-refractivity contribution in [3.63, 3.8) is 0 Å². The van der Waals surface area contributed by atoms with Crippen LogP contribution >= 0.6 is 0 Å². The highest BCUT2D eigenvalue weighted by Gasteiger charge is 2.43. The van der Waals surface area contributed by atoms with E-state index in [1.807, 2.05) is 0 Å². The van der Waals surface area contributed by atoms with Gasteiger partial charge < -0.3 is 0 Å². The Labute approximate surface area is 241 Å². The molecule has 2 aromatic carbocycles. The minimum absolute atomic E-state index is 0.286. The van der Waals surface area contributed by atoms with Crippen molar-refractivity contribution in [1.82, 2.24) is 0 Å². The standard InChI is InChI=1S/C40H40/c1-3-5-7-9-11-13-19-31-29-21-15-17-23-33(29)37-28-26-36-32(20-14-12-10-8-6-4-2)30-22-16-18-24-34(30)38-27-25-35(31)39(37)40(36)38/h15-18,21-28,39-40H,3-12H2,1-2H3. The molecule has 0 amide bonds. The largest absolute Gasteiger partial charge is 0.0979 e. The zero-order valence-electron chi connectivity index (χ0n) is 24.2. The van der Waals surface area contributed by atoms with Gasteiger partial charge in [-0.25, -0.2) is 0 Å². The fourth-order valence-electron chi connectivity index (χ4n) is 6.90. The van der Waals surface area contributed by atoms with E-state index in [1.165, 1.54) is 106 Å². The fourth-order valence-corrected chi connectivity index (χ4v) is 6.90. The second-order valence-electron chi connectivity index (χ2n) is 11.5. The van der Waals surface area contributed by atoms with Crippen LogP contribution in [0.2, 0.25) is 0 Å². The van der Waals surface area contributed by atoms with E-state index >= 15 is 0 Å². The van der Waals surface area contributed by atoms with Crippen molar-refractivity contribution in [1.29, 1.82) is 0 Å². The van der Waals surface area contributed by atoms with Crippen LogP contribution in [0.4, 0.5) is 0 Å². The van der Waals surface area contributed by atoms with E-state index < -0.39 is 0 Å². The first-order valence-electron chi connectivity index (χ1n) is 15.6. The predicted octanol–water partition coefficient (Wildman–Crippen LogP) is 8.54. The average Bonchev–Trinajstić information content (AvgIpc) is 3.00. The van der Waals surface area contributed by atoms with E-state index in [-0.39, 0.29) is 11.8 Å². The SMILES string of the molecule is CCCCCCC#CC1=C2C=CC3=c4ccccc4=C(C#CCCCCCC)C4=CC=C(c5ccccc51)C2C43. The molecule has 40 heavy (non-hydrogen) atoms. The van der Waals surface area contributed by atoms with E-state index in [1.54, 1.807) is 0 Å². The van der Waals surface area contributed by atoms with Gasteiger partial charge in [-0.2, -0.15) is 0 Å². The molecule has 0 heterocycles. The Morgan fingerprint density at radius 1 is 0.550 bits per heavy atom. The third-order valence-electron chi connectivity index (χ3n) is 8.89. The molecule has 6 rings (SSSR count). The van der Waals surface area contributed by atoms with Gasteiger partial charge in [-0.15, -0.1) is 0 Å². The third kappa shape index (κ3) is 4.87. The number of hydrogen-bond donors (Lipinski definition) is 0. The van der Waals surface area contributed by atoms with Gasteiger partial charge in [0.05, 0.1) is 0 Å². The molecule has 0 saturated heterocycles. The quantitative estimate of drug-likeness (QED) is 0.242. The number of allylic oxidation sites excluding steroid dienone is 8. The summed E-state index contributed by atoms with van der Waals surface area (Å²) >= 11 is 0. The molecular formula is C40H40. The Kier molecular flexibility index (Phi) is 8.07. The predicted molar refractivity (Wildman–Crippen MR) is 171 cm³/mol. The molecule has 0 aliphatic heterocycles. The Morgan fingerprint density at radius 2 is 1.12 bits per heavy atom. The van der Waals surface area contributed by atoms with Crippen LogP contribution in [0.1, 0.15) is 89.2 Å². The summed E-state index contributed by atoms with van der Waals surface area (Å²) in [7, 11) is 0. The maximum Gasteiger partial charge on any atom is 0.0362 e. The van der Waals surface area contributed by atoms with Crippen molar-refractivity contribution in [2.75, 3.05) is 0 Å². The highest BCUT2D eigenvalue weighted by Crippen LogP contribution is 2.55. The number of rotatable bonds is 8. The molecule has 0 heteroatoms. The monoisotopic (exact) mass is 520 g/mol. The van der Waals surface area contributed by atoms with Gasteiger partial charge in [0.15, 0.2) is 0 Å². The molecule has 0 nitrogen and oxygen atoms in total. The van der Waals surface area contributed by atoms with Crippen molar-refractivity contribution in [2.24, 2.45) is 11.8 Å². The molecule has 0 radical (unpaired) electrons. The van der Waals surface area contributed by atoms with Gasteiger partial charge >= 0.3 is 0 Å². The van der Waals surface area contributed by atoms with E-state index in [0.29, 0.717) is 0 Å². The van der Waals surface area contributed by atoms with Crippen LogP contribution in [-0.2, 0) is 0 Å². The molecule has 0 saturated carbocycles. The van der Waals surface area contributed by atoms with Gasteiger partial charge in [0.25, 0.3) is 0 Å². The molecule has 4 aliphatic rings. The van der Waals surface area contributed by atoms with E-state index in [2.05, 4.69) is 110 Å². The lowest BCUT2D eigenvalue weighted by Gasteiger charge is -2.43. The van der Waals surface area contributed by atoms with Gasteiger partial charge in [-0.05, 0) is 56.7 Å². The summed E-state index contributed by atoms with van der Waals surface area (Å²) in [6.45, 7) is 4.53. The summed E-state index contributed by atoms with van der Waals surface area (Å²) in [6.07, 6.45) is 21.5. The lowest BCUT2D eigenvalue weighted by atomic mass is 9.59. The third-order valence-corrected chi connectivity index (χ3v) is 8.89. The van der Waals surface area contributed by atoms with E-state index in [9.17, 15) is 0 Å². The first-order valence-corrected chi connectivity index (χ1v) is 15.6. The Hall–Kier alpha value is -3.74. The van der Waals surface area contributed by atoms with Crippen molar-refractivity contribution in [3.05, 3.63) is 106 Å². The van der Waals surface area contributed by atoms with Crippen LogP contribution in [-0.4, -0.2) is 0 Å². The van der Waals surface area contributed by atoms with Gasteiger partial charge in [0, 0.05) is 35.8 Å². The number of fused-ring (bicyclic) bond motifs is 3. The van der Waals surface area contributed by atoms with Gasteiger partial charge in [-0.3, -0.25) is 0 Å². The minimum atomic E-state index is 0.286. The Bertz CT molecular complexity index is 1680. The Balaban J connectivity index is 1.48. The average molecular weight is 521 g/mol. The highest BCUT2D eigenvalue weighted by molar-refractivity contribution is 6.01. The minimum Gasteiger partial charge on any atom is -0.0979 e. The highest BCUT2D eigenvalue weighted by atomic mass is 14.4. The first kappa shape index (κ1) is 26.5. The van der Waals surface area contributed by atoms with Gasteiger partial charge in [0.2, 0.25) is 0 Å². The van der Waals surface area contributed by atoms with E-state index in [4.69, 9.17) is 0 Å². The number of unbranched alkanes of at least 4 members (excludes halogenated alkanes) is 8. The second kappa shape index (κ2) is 12.2. The van der Waals surface area contributed by atoms with Crippen LogP contribution in [0, 0.1) is 35.5 Å². The maximum atomic E-state index is 3.69. The molecule has 0 N–H and O–H groups in total. The van der Waals surface area contributed by atoms with Crippen molar-refractivity contribution in [3.8, 4) is 23.7 Å². The summed E-state index contributed by atoms with van der Waals surface area (Å²) in [6, 6.07) is 17.8. The van der Waals surface area contributed by atoms with Crippen LogP contribution in [0.15, 0.2) is 84.0 Å². The first-order chi connectivity index (χ1) is 19.8. The summed E-state index contributed by atoms with van der Waals surface area (Å²) < 4.78 is 0. The molecule has 0 aromatic heterocycles. The summed E-state index contributed by atoms with van der Waals surface area (Å²) in [4.78, 5) is 0. The number of benzene rings is 2. The molecule has 2 unspecified atom stereocenters. The van der Waals surface area contributed by atoms with Crippen molar-refractivity contribution < 1.29 is 0 Å². The molecule has 0 spiro atoms. The molecule has 0 bridgehead atoms. The maximum absolute atomic E-state index is 3.69. The summed E-state index contributed by atoms with van der Waals surface area (Å²) in [5, 5.41) is 2.64. The second-order valence-corrected chi connectivity index (χ2v) is 11.5. The van der Waals surface area contributed by atoms with Gasteiger partial charge in [0.1, 0.15) is 0 Å². The van der Waals surface area contributed by atoms with Crippen molar-refractivity contribution >= 4 is 22.3 Å². The lowest BCUT2D eigenvalue weighted by Crippen LogP contribution is -2.41. The molecule has 2 atom stereocenters. The molecule has 4 aliphatic carbocycles. The smallest absolute Gasteiger partial charge is 0.0362 e.